The van der Waals surface area contributed by atoms with Crippen LogP contribution in [0.3, 0.4) is 0 Å². The summed E-state index contributed by atoms with van der Waals surface area (Å²) < 4.78 is 12.2. The first kappa shape index (κ1) is 16.6. The predicted octanol–water partition coefficient (Wildman–Crippen LogP) is 1.82. The topological polar surface area (TPSA) is 42.0 Å². The summed E-state index contributed by atoms with van der Waals surface area (Å²) in [6.07, 6.45) is 11.0. The number of carbonyl (C=O) groups is 1. The zero-order chi connectivity index (χ0) is 16.4. The smallest absolute Gasteiger partial charge is 0.226 e. The summed E-state index contributed by atoms with van der Waals surface area (Å²) in [6.45, 7) is 5.65. The molecular formula is C19H30N2O3. The second-order valence-corrected chi connectivity index (χ2v) is 7.61. The van der Waals surface area contributed by atoms with Crippen molar-refractivity contribution in [1.82, 2.24) is 9.80 Å². The maximum Gasteiger partial charge on any atom is 0.226 e. The molecule has 2 aliphatic heterocycles. The van der Waals surface area contributed by atoms with Gasteiger partial charge in [0.15, 0.2) is 0 Å². The van der Waals surface area contributed by atoms with Gasteiger partial charge in [-0.05, 0) is 51.6 Å². The number of hydrogen-bond donors (Lipinski definition) is 0. The molecule has 5 heteroatoms. The number of morpholine rings is 1. The SMILES string of the molecule is O=C(C1CC=CC1)N1CCO[C@H]2[C@H](OCCN3CCCC3)CC[C@@H]21. The number of ether oxygens (including phenoxy) is 2. The summed E-state index contributed by atoms with van der Waals surface area (Å²) in [4.78, 5) is 17.4. The Bertz CT molecular complexity index is 467. The Balaban J connectivity index is 1.29. The molecule has 134 valence electrons. The molecule has 3 atom stereocenters. The van der Waals surface area contributed by atoms with Crippen LogP contribution in [0.4, 0.5) is 0 Å². The van der Waals surface area contributed by atoms with Crippen LogP contribution in [0, 0.1) is 5.92 Å². The Morgan fingerprint density at radius 1 is 1.12 bits per heavy atom. The Morgan fingerprint density at radius 3 is 2.71 bits per heavy atom. The third kappa shape index (κ3) is 3.39. The molecule has 1 amide bonds. The van der Waals surface area contributed by atoms with Crippen LogP contribution >= 0.6 is 0 Å². The third-order valence-corrected chi connectivity index (χ3v) is 6.11. The molecule has 24 heavy (non-hydrogen) atoms. The van der Waals surface area contributed by atoms with Crippen LogP contribution in [0.25, 0.3) is 0 Å². The van der Waals surface area contributed by atoms with Crippen molar-refractivity contribution in [2.45, 2.75) is 56.8 Å². The van der Waals surface area contributed by atoms with Crippen molar-refractivity contribution in [3.63, 3.8) is 0 Å². The molecule has 0 unspecified atom stereocenters. The van der Waals surface area contributed by atoms with E-state index >= 15 is 0 Å². The summed E-state index contributed by atoms with van der Waals surface area (Å²) in [5, 5.41) is 0. The highest BCUT2D eigenvalue weighted by Gasteiger charge is 2.45. The van der Waals surface area contributed by atoms with Crippen LogP contribution < -0.4 is 0 Å². The summed E-state index contributed by atoms with van der Waals surface area (Å²) in [6, 6.07) is 0.226. The molecule has 1 saturated carbocycles. The van der Waals surface area contributed by atoms with E-state index < -0.39 is 0 Å². The first-order chi connectivity index (χ1) is 11.8. The fourth-order valence-corrected chi connectivity index (χ4v) is 4.76. The average molecular weight is 334 g/mol. The van der Waals surface area contributed by atoms with E-state index in [0.717, 1.165) is 45.4 Å². The van der Waals surface area contributed by atoms with E-state index in [1.165, 1.54) is 25.9 Å². The molecule has 0 aromatic rings. The van der Waals surface area contributed by atoms with Gasteiger partial charge in [-0.2, -0.15) is 0 Å². The highest BCUT2D eigenvalue weighted by atomic mass is 16.5. The second kappa shape index (κ2) is 7.54. The maximum absolute atomic E-state index is 12.8. The van der Waals surface area contributed by atoms with Crippen LogP contribution in [0.1, 0.15) is 38.5 Å². The molecule has 0 aromatic carbocycles. The zero-order valence-electron chi connectivity index (χ0n) is 14.6. The van der Waals surface area contributed by atoms with Crippen molar-refractivity contribution in [2.75, 3.05) is 39.4 Å². The quantitative estimate of drug-likeness (QED) is 0.719. The van der Waals surface area contributed by atoms with Crippen LogP contribution in [0.15, 0.2) is 12.2 Å². The molecule has 0 radical (unpaired) electrons. The number of fused-ring (bicyclic) bond motifs is 1. The Morgan fingerprint density at radius 2 is 1.92 bits per heavy atom. The lowest BCUT2D eigenvalue weighted by atomic mass is 10.0. The maximum atomic E-state index is 12.8. The average Bonchev–Trinajstić information content (AvgIpc) is 3.36. The molecule has 0 N–H and O–H groups in total. The molecule has 0 aromatic heterocycles. The molecule has 3 fully saturated rings. The molecule has 0 bridgehead atoms. The van der Waals surface area contributed by atoms with Gasteiger partial charge in [0, 0.05) is 19.0 Å². The molecule has 0 spiro atoms. The predicted molar refractivity (Wildman–Crippen MR) is 91.8 cm³/mol. The van der Waals surface area contributed by atoms with Gasteiger partial charge in [-0.15, -0.1) is 0 Å². The van der Waals surface area contributed by atoms with Gasteiger partial charge in [0.25, 0.3) is 0 Å². The molecule has 5 nitrogen and oxygen atoms in total. The van der Waals surface area contributed by atoms with Gasteiger partial charge in [0.1, 0.15) is 6.10 Å². The van der Waals surface area contributed by atoms with E-state index in [4.69, 9.17) is 9.47 Å². The van der Waals surface area contributed by atoms with Crippen LogP contribution in [0.5, 0.6) is 0 Å². The standard InChI is InChI=1S/C19H30N2O3/c22-19(15-5-1-2-6-15)21-12-14-24-18-16(21)7-8-17(18)23-13-11-20-9-3-4-10-20/h1-2,15-18H,3-14H2/t16-,17+,18+/m0/s1. The molecule has 2 saturated heterocycles. The first-order valence-corrected chi connectivity index (χ1v) is 9.74. The number of carbonyl (C=O) groups excluding carboxylic acids is 1. The molecule has 2 aliphatic carbocycles. The van der Waals surface area contributed by atoms with E-state index in [-0.39, 0.29) is 24.2 Å². The van der Waals surface area contributed by atoms with Crippen LogP contribution in [-0.2, 0) is 14.3 Å². The first-order valence-electron chi connectivity index (χ1n) is 9.74. The fraction of sp³-hybridized carbons (Fsp3) is 0.842. The number of nitrogens with zero attached hydrogens (tertiary/aromatic N) is 2. The molecule has 2 heterocycles. The molecule has 4 rings (SSSR count). The van der Waals surface area contributed by atoms with Gasteiger partial charge in [0.2, 0.25) is 5.91 Å². The highest BCUT2D eigenvalue weighted by Crippen LogP contribution is 2.34. The van der Waals surface area contributed by atoms with E-state index in [9.17, 15) is 4.79 Å². The minimum Gasteiger partial charge on any atom is -0.374 e. The van der Waals surface area contributed by atoms with Crippen molar-refractivity contribution < 1.29 is 14.3 Å². The van der Waals surface area contributed by atoms with Gasteiger partial charge in [0.05, 0.1) is 25.4 Å². The van der Waals surface area contributed by atoms with Crippen molar-refractivity contribution >= 4 is 5.91 Å². The lowest BCUT2D eigenvalue weighted by Crippen LogP contribution is -2.55. The summed E-state index contributed by atoms with van der Waals surface area (Å²) in [5.74, 6) is 0.495. The number of rotatable bonds is 5. The number of allylic oxidation sites excluding steroid dienone is 2. The monoisotopic (exact) mass is 334 g/mol. The lowest BCUT2D eigenvalue weighted by Gasteiger charge is -2.40. The van der Waals surface area contributed by atoms with Crippen molar-refractivity contribution in [3.05, 3.63) is 12.2 Å². The van der Waals surface area contributed by atoms with Gasteiger partial charge in [-0.25, -0.2) is 0 Å². The van der Waals surface area contributed by atoms with E-state index in [2.05, 4.69) is 22.0 Å². The second-order valence-electron chi connectivity index (χ2n) is 7.61. The van der Waals surface area contributed by atoms with E-state index in [0.29, 0.717) is 12.5 Å². The van der Waals surface area contributed by atoms with E-state index in [1.54, 1.807) is 0 Å². The van der Waals surface area contributed by atoms with Crippen molar-refractivity contribution in [2.24, 2.45) is 5.92 Å². The van der Waals surface area contributed by atoms with Gasteiger partial charge in [-0.1, -0.05) is 12.2 Å². The van der Waals surface area contributed by atoms with Crippen molar-refractivity contribution in [1.29, 1.82) is 0 Å². The van der Waals surface area contributed by atoms with Crippen LogP contribution in [0.2, 0.25) is 0 Å². The Kier molecular flexibility index (Phi) is 5.20. The van der Waals surface area contributed by atoms with Crippen LogP contribution in [-0.4, -0.2) is 73.3 Å². The minimum absolute atomic E-state index is 0.0793. The largest absolute Gasteiger partial charge is 0.374 e. The molecular weight excluding hydrogens is 304 g/mol. The lowest BCUT2D eigenvalue weighted by molar-refractivity contribution is -0.155. The van der Waals surface area contributed by atoms with Gasteiger partial charge < -0.3 is 19.3 Å². The van der Waals surface area contributed by atoms with Gasteiger partial charge in [-0.3, -0.25) is 4.79 Å². The van der Waals surface area contributed by atoms with E-state index in [1.807, 2.05) is 0 Å². The number of amides is 1. The molecule has 4 aliphatic rings. The Hall–Kier alpha value is -0.910. The summed E-state index contributed by atoms with van der Waals surface area (Å²) in [5.41, 5.74) is 0. The van der Waals surface area contributed by atoms with Gasteiger partial charge >= 0.3 is 0 Å². The number of hydrogen-bond acceptors (Lipinski definition) is 4. The van der Waals surface area contributed by atoms with Crippen molar-refractivity contribution in [3.8, 4) is 0 Å². The fourth-order valence-electron chi connectivity index (χ4n) is 4.76. The normalized spacial score (nSPS) is 34.2. The third-order valence-electron chi connectivity index (χ3n) is 6.11. The number of likely N-dealkylation sites (tertiary alicyclic amines) is 1. The summed E-state index contributed by atoms with van der Waals surface area (Å²) in [7, 11) is 0. The minimum atomic E-state index is 0.0793. The Labute approximate surface area is 145 Å². The zero-order valence-corrected chi connectivity index (χ0v) is 14.6. The highest BCUT2D eigenvalue weighted by molar-refractivity contribution is 5.80. The summed E-state index contributed by atoms with van der Waals surface area (Å²) >= 11 is 0.